The molecule has 1 aromatic carbocycles. The first kappa shape index (κ1) is 13.9. The maximum absolute atomic E-state index is 9.09. The lowest BCUT2D eigenvalue weighted by atomic mass is 10.1. The molecule has 0 bridgehead atoms. The number of halogens is 1. The second kappa shape index (κ2) is 6.60. The lowest BCUT2D eigenvalue weighted by molar-refractivity contribution is 1.08. The molecule has 0 spiro atoms. The fourth-order valence-electron chi connectivity index (χ4n) is 1.62. The van der Waals surface area contributed by atoms with Crippen LogP contribution in [0.4, 0.5) is 0 Å². The minimum absolute atomic E-state index is 0.635. The molecule has 4 heteroatoms. The van der Waals surface area contributed by atoms with Gasteiger partial charge in [-0.15, -0.1) is 11.8 Å². The summed E-state index contributed by atoms with van der Waals surface area (Å²) >= 11 is 7.50. The van der Waals surface area contributed by atoms with E-state index in [1.807, 2.05) is 36.4 Å². The second-order valence-electron chi connectivity index (χ2n) is 4.02. The molecule has 0 unspecified atom stereocenters. The highest BCUT2D eigenvalue weighted by Crippen LogP contribution is 2.26. The highest BCUT2D eigenvalue weighted by Gasteiger charge is 2.07. The molecule has 0 N–H and O–H groups in total. The molecule has 2 aromatic rings. The van der Waals surface area contributed by atoms with Gasteiger partial charge in [-0.05, 0) is 36.4 Å². The molecule has 0 aliphatic rings. The average Bonchev–Trinajstić information content (AvgIpc) is 2.45. The lowest BCUT2D eigenvalue weighted by Gasteiger charge is -2.06. The van der Waals surface area contributed by atoms with Gasteiger partial charge in [0.25, 0.3) is 0 Å². The van der Waals surface area contributed by atoms with Crippen LogP contribution < -0.4 is 0 Å². The van der Waals surface area contributed by atoms with Crippen molar-refractivity contribution in [2.24, 2.45) is 0 Å². The molecule has 0 radical (unpaired) electrons. The highest BCUT2D eigenvalue weighted by atomic mass is 35.5. The Morgan fingerprint density at radius 3 is 2.58 bits per heavy atom. The van der Waals surface area contributed by atoms with Crippen molar-refractivity contribution in [3.8, 4) is 17.3 Å². The summed E-state index contributed by atoms with van der Waals surface area (Å²) in [4.78, 5) is 4.58. The standard InChI is InChI=1S/C15H13ClN2S/c1-2-9-19-15-12(10-17)5-8-14(18-15)11-3-6-13(16)7-4-11/h3-8H,2,9H2,1H3. The molecule has 0 fully saturated rings. The second-order valence-corrected chi connectivity index (χ2v) is 5.54. The van der Waals surface area contributed by atoms with Crippen LogP contribution in [0.25, 0.3) is 11.3 Å². The number of hydrogen-bond donors (Lipinski definition) is 0. The van der Waals surface area contributed by atoms with Crippen molar-refractivity contribution < 1.29 is 0 Å². The minimum Gasteiger partial charge on any atom is -0.240 e. The minimum atomic E-state index is 0.635. The molecule has 1 aromatic heterocycles. The zero-order chi connectivity index (χ0) is 13.7. The summed E-state index contributed by atoms with van der Waals surface area (Å²) in [6.07, 6.45) is 1.06. The summed E-state index contributed by atoms with van der Waals surface area (Å²) in [6, 6.07) is 13.4. The number of pyridine rings is 1. The molecule has 0 atom stereocenters. The summed E-state index contributed by atoms with van der Waals surface area (Å²) in [7, 11) is 0. The summed E-state index contributed by atoms with van der Waals surface area (Å²) in [5.74, 6) is 0.964. The Balaban J connectivity index is 2.37. The van der Waals surface area contributed by atoms with Crippen molar-refractivity contribution in [3.63, 3.8) is 0 Å². The third kappa shape index (κ3) is 3.50. The predicted octanol–water partition coefficient (Wildman–Crippen LogP) is 4.78. The van der Waals surface area contributed by atoms with Crippen LogP contribution in [0, 0.1) is 11.3 Å². The van der Waals surface area contributed by atoms with E-state index in [1.54, 1.807) is 11.8 Å². The Kier molecular flexibility index (Phi) is 4.84. The SMILES string of the molecule is CCCSc1nc(-c2ccc(Cl)cc2)ccc1C#N. The lowest BCUT2D eigenvalue weighted by Crippen LogP contribution is -1.91. The number of thioether (sulfide) groups is 1. The van der Waals surface area contributed by atoms with E-state index in [0.717, 1.165) is 28.5 Å². The number of hydrogen-bond acceptors (Lipinski definition) is 3. The van der Waals surface area contributed by atoms with Crippen molar-refractivity contribution >= 4 is 23.4 Å². The topological polar surface area (TPSA) is 36.7 Å². The van der Waals surface area contributed by atoms with E-state index in [-0.39, 0.29) is 0 Å². The van der Waals surface area contributed by atoms with Crippen LogP contribution in [0.5, 0.6) is 0 Å². The van der Waals surface area contributed by atoms with Crippen molar-refractivity contribution in [2.45, 2.75) is 18.4 Å². The molecular formula is C15H13ClN2S. The van der Waals surface area contributed by atoms with Crippen molar-refractivity contribution in [3.05, 3.63) is 47.0 Å². The monoisotopic (exact) mass is 288 g/mol. The van der Waals surface area contributed by atoms with Crippen molar-refractivity contribution in [1.82, 2.24) is 4.98 Å². The third-order valence-electron chi connectivity index (χ3n) is 2.56. The number of nitriles is 1. The predicted molar refractivity (Wildman–Crippen MR) is 80.4 cm³/mol. The van der Waals surface area contributed by atoms with E-state index >= 15 is 0 Å². The molecular weight excluding hydrogens is 276 g/mol. The fourth-order valence-corrected chi connectivity index (χ4v) is 2.57. The van der Waals surface area contributed by atoms with Gasteiger partial charge >= 0.3 is 0 Å². The van der Waals surface area contributed by atoms with Crippen LogP contribution >= 0.6 is 23.4 Å². The third-order valence-corrected chi connectivity index (χ3v) is 4.01. The first-order valence-electron chi connectivity index (χ1n) is 6.04. The molecule has 0 saturated heterocycles. The Morgan fingerprint density at radius 1 is 1.21 bits per heavy atom. The quantitative estimate of drug-likeness (QED) is 0.760. The molecule has 0 saturated carbocycles. The Hall–Kier alpha value is -1.50. The van der Waals surface area contributed by atoms with Crippen LogP contribution in [0.2, 0.25) is 5.02 Å². The highest BCUT2D eigenvalue weighted by molar-refractivity contribution is 7.99. The first-order chi connectivity index (χ1) is 9.24. The van der Waals surface area contributed by atoms with E-state index in [0.29, 0.717) is 10.6 Å². The Bertz CT molecular complexity index is 603. The van der Waals surface area contributed by atoms with Gasteiger partial charge in [0, 0.05) is 10.6 Å². The van der Waals surface area contributed by atoms with E-state index in [1.165, 1.54) is 0 Å². The van der Waals surface area contributed by atoms with Gasteiger partial charge in [0.2, 0.25) is 0 Å². The smallest absolute Gasteiger partial charge is 0.115 e. The van der Waals surface area contributed by atoms with Crippen LogP contribution in [-0.2, 0) is 0 Å². The largest absolute Gasteiger partial charge is 0.240 e. The van der Waals surface area contributed by atoms with E-state index < -0.39 is 0 Å². The molecule has 96 valence electrons. The summed E-state index contributed by atoms with van der Waals surface area (Å²) < 4.78 is 0. The van der Waals surface area contributed by atoms with Gasteiger partial charge in [-0.1, -0.05) is 30.7 Å². The zero-order valence-electron chi connectivity index (χ0n) is 10.6. The number of nitrogens with zero attached hydrogens (tertiary/aromatic N) is 2. The van der Waals surface area contributed by atoms with Gasteiger partial charge in [0.1, 0.15) is 11.1 Å². The Morgan fingerprint density at radius 2 is 1.95 bits per heavy atom. The Labute approximate surface area is 122 Å². The van der Waals surface area contributed by atoms with Crippen LogP contribution in [0.3, 0.4) is 0 Å². The molecule has 0 aliphatic carbocycles. The van der Waals surface area contributed by atoms with E-state index in [4.69, 9.17) is 16.9 Å². The van der Waals surface area contributed by atoms with Crippen molar-refractivity contribution in [1.29, 1.82) is 5.26 Å². The van der Waals surface area contributed by atoms with Crippen LogP contribution in [0.15, 0.2) is 41.4 Å². The van der Waals surface area contributed by atoms with Gasteiger partial charge in [0.05, 0.1) is 11.3 Å². The van der Waals surface area contributed by atoms with Gasteiger partial charge < -0.3 is 0 Å². The van der Waals surface area contributed by atoms with Gasteiger partial charge in [-0.2, -0.15) is 5.26 Å². The fraction of sp³-hybridized carbons (Fsp3) is 0.200. The average molecular weight is 289 g/mol. The number of benzene rings is 1. The molecule has 0 amide bonds. The number of rotatable bonds is 4. The van der Waals surface area contributed by atoms with E-state index in [2.05, 4.69) is 18.0 Å². The summed E-state index contributed by atoms with van der Waals surface area (Å²) in [5.41, 5.74) is 2.51. The molecule has 2 nitrogen and oxygen atoms in total. The maximum Gasteiger partial charge on any atom is 0.115 e. The summed E-state index contributed by atoms with van der Waals surface area (Å²) in [5, 5.41) is 10.6. The van der Waals surface area contributed by atoms with Crippen LogP contribution in [0.1, 0.15) is 18.9 Å². The zero-order valence-corrected chi connectivity index (χ0v) is 12.1. The van der Waals surface area contributed by atoms with E-state index in [9.17, 15) is 0 Å². The molecule has 2 rings (SSSR count). The normalized spacial score (nSPS) is 10.2. The van der Waals surface area contributed by atoms with Gasteiger partial charge in [0.15, 0.2) is 0 Å². The van der Waals surface area contributed by atoms with Gasteiger partial charge in [-0.3, -0.25) is 0 Å². The molecule has 1 heterocycles. The first-order valence-corrected chi connectivity index (χ1v) is 7.41. The maximum atomic E-state index is 9.09. The number of aromatic nitrogens is 1. The summed E-state index contributed by atoms with van der Waals surface area (Å²) in [6.45, 7) is 2.11. The molecule has 0 aliphatic heterocycles. The van der Waals surface area contributed by atoms with Crippen LogP contribution in [-0.4, -0.2) is 10.7 Å². The van der Waals surface area contributed by atoms with Crippen molar-refractivity contribution in [2.75, 3.05) is 5.75 Å². The van der Waals surface area contributed by atoms with Gasteiger partial charge in [-0.25, -0.2) is 4.98 Å². The molecule has 19 heavy (non-hydrogen) atoms.